The lowest BCUT2D eigenvalue weighted by Crippen LogP contribution is -2.20. The second-order valence-electron chi connectivity index (χ2n) is 3.77. The van der Waals surface area contributed by atoms with Gasteiger partial charge in [-0.15, -0.1) is 0 Å². The van der Waals surface area contributed by atoms with E-state index in [0.717, 1.165) is 12.1 Å². The highest BCUT2D eigenvalue weighted by Gasteiger charge is 2.29. The molecule has 22 heavy (non-hydrogen) atoms. The van der Waals surface area contributed by atoms with E-state index in [4.69, 9.17) is 16.3 Å². The zero-order valence-electron chi connectivity index (χ0n) is 10.8. The third-order valence-electron chi connectivity index (χ3n) is 2.16. The highest BCUT2D eigenvalue weighted by atomic mass is 19.4. The fraction of sp³-hybridized carbons (Fsp3) is 0.167. The van der Waals surface area contributed by atoms with Crippen LogP contribution in [0, 0.1) is 22.7 Å². The lowest BCUT2D eigenvalue weighted by Gasteiger charge is -2.13. The number of benzene rings is 1. The van der Waals surface area contributed by atoms with Crippen LogP contribution in [-0.4, -0.2) is 24.4 Å². The van der Waals surface area contributed by atoms with Crippen molar-refractivity contribution < 1.29 is 22.7 Å². The van der Waals surface area contributed by atoms with Gasteiger partial charge >= 0.3 is 6.18 Å². The number of amides is 1. The van der Waals surface area contributed by atoms with Crippen LogP contribution in [0.1, 0.15) is 10.4 Å². The topological polar surface area (TPSA) is 124 Å². The van der Waals surface area contributed by atoms with E-state index in [9.17, 15) is 18.0 Å². The van der Waals surface area contributed by atoms with Crippen LogP contribution < -0.4 is 15.9 Å². The van der Waals surface area contributed by atoms with Crippen molar-refractivity contribution in [3.8, 4) is 17.9 Å². The van der Waals surface area contributed by atoms with Gasteiger partial charge in [0.25, 0.3) is 0 Å². The van der Waals surface area contributed by atoms with Gasteiger partial charge in [-0.05, 0) is 18.2 Å². The molecular weight excluding hydrogens is 303 g/mol. The summed E-state index contributed by atoms with van der Waals surface area (Å²) in [7, 11) is 0. The Bertz CT molecular complexity index is 669. The number of halogens is 3. The van der Waals surface area contributed by atoms with Crippen LogP contribution in [0.5, 0.6) is 5.75 Å². The van der Waals surface area contributed by atoms with E-state index in [2.05, 4.69) is 15.3 Å². The summed E-state index contributed by atoms with van der Waals surface area (Å²) in [6.07, 6.45) is -4.56. The Balaban J connectivity index is 3.11. The average Bonchev–Trinajstić information content (AvgIpc) is 2.45. The summed E-state index contributed by atoms with van der Waals surface area (Å²) in [5, 5.41) is 20.4. The smallest absolute Gasteiger partial charge is 0.422 e. The molecule has 0 unspecified atom stereocenters. The van der Waals surface area contributed by atoms with Crippen molar-refractivity contribution in [2.24, 2.45) is 10.8 Å². The molecule has 0 heterocycles. The first-order valence-corrected chi connectivity index (χ1v) is 5.54. The van der Waals surface area contributed by atoms with Gasteiger partial charge in [0.1, 0.15) is 17.9 Å². The Morgan fingerprint density at radius 2 is 2.00 bits per heavy atom. The molecular formula is C12H8F3N5O2. The Kier molecular flexibility index (Phi) is 5.30. The van der Waals surface area contributed by atoms with E-state index in [1.54, 1.807) is 0 Å². The fourth-order valence-electron chi connectivity index (χ4n) is 1.25. The number of alkyl halides is 3. The number of carbonyl (C=O) groups is 1. The summed E-state index contributed by atoms with van der Waals surface area (Å²) >= 11 is 0. The molecule has 1 amide bonds. The maximum Gasteiger partial charge on any atom is 0.422 e. The molecule has 7 nitrogen and oxygen atoms in total. The van der Waals surface area contributed by atoms with Crippen LogP contribution in [0.4, 0.5) is 18.9 Å². The minimum atomic E-state index is -4.56. The number of nitrogens with zero attached hydrogens (tertiary/aromatic N) is 3. The van der Waals surface area contributed by atoms with Crippen LogP contribution in [-0.2, 0) is 0 Å². The Morgan fingerprint density at radius 1 is 1.36 bits per heavy atom. The van der Waals surface area contributed by atoms with E-state index < -0.39 is 24.4 Å². The monoisotopic (exact) mass is 311 g/mol. The van der Waals surface area contributed by atoms with Crippen molar-refractivity contribution in [3.05, 3.63) is 23.8 Å². The minimum Gasteiger partial charge on any atom is -0.482 e. The van der Waals surface area contributed by atoms with Gasteiger partial charge in [0.2, 0.25) is 11.6 Å². The molecule has 114 valence electrons. The third-order valence-corrected chi connectivity index (χ3v) is 2.16. The summed E-state index contributed by atoms with van der Waals surface area (Å²) in [5.74, 6) is -1.10. The molecule has 1 aromatic rings. The Morgan fingerprint density at radius 3 is 2.50 bits per heavy atom. The molecule has 10 heteroatoms. The molecule has 0 spiro atoms. The zero-order valence-corrected chi connectivity index (χ0v) is 10.8. The summed E-state index contributed by atoms with van der Waals surface area (Å²) in [6, 6.07) is 6.24. The number of nitrogens with two attached hydrogens (primary N) is 1. The Hall–Kier alpha value is -3.27. The minimum absolute atomic E-state index is 0.0208. The van der Waals surface area contributed by atoms with Crippen molar-refractivity contribution in [1.29, 1.82) is 10.5 Å². The van der Waals surface area contributed by atoms with Gasteiger partial charge in [-0.1, -0.05) is 0 Å². The number of ether oxygens (including phenoxy) is 1. The third kappa shape index (κ3) is 5.02. The summed E-state index contributed by atoms with van der Waals surface area (Å²) in [4.78, 5) is 11.1. The number of carbonyl (C=O) groups excluding carboxylic acids is 1. The molecule has 0 fully saturated rings. The molecule has 0 aliphatic heterocycles. The van der Waals surface area contributed by atoms with Crippen LogP contribution in [0.3, 0.4) is 0 Å². The summed E-state index contributed by atoms with van der Waals surface area (Å²) in [5.41, 5.74) is 6.51. The van der Waals surface area contributed by atoms with Crippen molar-refractivity contribution in [2.45, 2.75) is 6.18 Å². The number of hydrogen-bond acceptors (Lipinski definition) is 6. The van der Waals surface area contributed by atoms with Crippen LogP contribution in [0.2, 0.25) is 0 Å². The highest BCUT2D eigenvalue weighted by Crippen LogP contribution is 2.28. The largest absolute Gasteiger partial charge is 0.482 e. The number of hydrazone groups is 1. The first-order valence-electron chi connectivity index (χ1n) is 5.54. The maximum atomic E-state index is 12.2. The molecule has 1 aromatic carbocycles. The van der Waals surface area contributed by atoms with E-state index in [1.165, 1.54) is 18.2 Å². The molecule has 1 rings (SSSR count). The fourth-order valence-corrected chi connectivity index (χ4v) is 1.25. The maximum absolute atomic E-state index is 12.2. The molecule has 0 saturated heterocycles. The normalized spacial score (nSPS) is 10.0. The second kappa shape index (κ2) is 6.95. The van der Waals surface area contributed by atoms with Gasteiger partial charge in [-0.2, -0.15) is 28.8 Å². The SMILES string of the molecule is N#CC(C#N)=NNc1cc(C(N)=O)ccc1OCC(F)(F)F. The Labute approximate surface area is 122 Å². The lowest BCUT2D eigenvalue weighted by atomic mass is 10.2. The number of hydrogen-bond donors (Lipinski definition) is 2. The molecule has 0 saturated carbocycles. The van der Waals surface area contributed by atoms with Gasteiger partial charge in [0, 0.05) is 5.56 Å². The number of nitrogens with one attached hydrogen (secondary N) is 1. The van der Waals surface area contributed by atoms with Crippen LogP contribution in [0.15, 0.2) is 23.3 Å². The highest BCUT2D eigenvalue weighted by molar-refractivity contribution is 6.10. The predicted molar refractivity (Wildman–Crippen MR) is 68.8 cm³/mol. The molecule has 0 aromatic heterocycles. The van der Waals surface area contributed by atoms with Gasteiger partial charge in [0.15, 0.2) is 6.61 Å². The molecule has 0 aliphatic carbocycles. The average molecular weight is 311 g/mol. The number of anilines is 1. The summed E-state index contributed by atoms with van der Waals surface area (Å²) < 4.78 is 41.1. The zero-order chi connectivity index (χ0) is 16.8. The first kappa shape index (κ1) is 16.8. The van der Waals surface area contributed by atoms with Crippen LogP contribution in [0.25, 0.3) is 0 Å². The quantitative estimate of drug-likeness (QED) is 0.630. The van der Waals surface area contributed by atoms with Crippen LogP contribution >= 0.6 is 0 Å². The molecule has 0 aliphatic rings. The van der Waals surface area contributed by atoms with Crippen molar-refractivity contribution in [2.75, 3.05) is 12.0 Å². The number of primary amides is 1. The second-order valence-corrected chi connectivity index (χ2v) is 3.77. The van der Waals surface area contributed by atoms with E-state index in [-0.39, 0.29) is 17.0 Å². The molecule has 0 atom stereocenters. The number of rotatable bonds is 5. The van der Waals surface area contributed by atoms with E-state index >= 15 is 0 Å². The van der Waals surface area contributed by atoms with Crippen molar-refractivity contribution in [3.63, 3.8) is 0 Å². The molecule has 0 radical (unpaired) electrons. The number of nitriles is 2. The summed E-state index contributed by atoms with van der Waals surface area (Å²) in [6.45, 7) is -1.56. The first-order chi connectivity index (χ1) is 10.3. The van der Waals surface area contributed by atoms with Crippen molar-refractivity contribution >= 4 is 17.3 Å². The van der Waals surface area contributed by atoms with E-state index in [1.807, 2.05) is 0 Å². The van der Waals surface area contributed by atoms with Gasteiger partial charge < -0.3 is 10.5 Å². The predicted octanol–water partition coefficient (Wildman–Crippen LogP) is 1.54. The van der Waals surface area contributed by atoms with Crippen molar-refractivity contribution in [1.82, 2.24) is 0 Å². The van der Waals surface area contributed by atoms with Gasteiger partial charge in [-0.25, -0.2) is 0 Å². The lowest BCUT2D eigenvalue weighted by molar-refractivity contribution is -0.153. The van der Waals surface area contributed by atoms with E-state index in [0.29, 0.717) is 0 Å². The standard InChI is InChI=1S/C12H8F3N5O2/c13-12(14,15)6-22-10-2-1-7(11(18)21)3-9(10)20-19-8(4-16)5-17/h1-3,20H,6H2,(H2,18,21). The van der Waals surface area contributed by atoms with Gasteiger partial charge in [0.05, 0.1) is 5.69 Å². The van der Waals surface area contributed by atoms with Gasteiger partial charge in [-0.3, -0.25) is 10.2 Å². The molecule has 3 N–H and O–H groups in total. The molecule has 0 bridgehead atoms.